The Bertz CT molecular complexity index is 1180. The van der Waals surface area contributed by atoms with E-state index in [9.17, 15) is 9.59 Å². The van der Waals surface area contributed by atoms with Gasteiger partial charge in [-0.05, 0) is 73.5 Å². The van der Waals surface area contributed by atoms with Crippen molar-refractivity contribution >= 4 is 46.4 Å². The molecule has 0 saturated carbocycles. The maximum absolute atomic E-state index is 12.8. The summed E-state index contributed by atoms with van der Waals surface area (Å²) in [6.07, 6.45) is 0.114. The molecule has 3 aromatic rings. The molecule has 3 aromatic carbocycles. The Balaban J connectivity index is 1.39. The molecule has 5 nitrogen and oxygen atoms in total. The Morgan fingerprint density at radius 1 is 1.00 bits per heavy atom. The van der Waals surface area contributed by atoms with Crippen LogP contribution in [0.3, 0.4) is 0 Å². The fourth-order valence-electron chi connectivity index (χ4n) is 3.58. The van der Waals surface area contributed by atoms with Gasteiger partial charge < -0.3 is 15.0 Å². The lowest BCUT2D eigenvalue weighted by Gasteiger charge is -2.18. The van der Waals surface area contributed by atoms with Crippen molar-refractivity contribution in [2.45, 2.75) is 20.3 Å². The molecule has 164 valence electrons. The van der Waals surface area contributed by atoms with E-state index in [0.717, 1.165) is 11.3 Å². The van der Waals surface area contributed by atoms with Crippen molar-refractivity contribution in [1.82, 2.24) is 0 Å². The summed E-state index contributed by atoms with van der Waals surface area (Å²) < 4.78 is 5.88. The number of rotatable bonds is 5. The van der Waals surface area contributed by atoms with Gasteiger partial charge in [-0.25, -0.2) is 0 Å². The quantitative estimate of drug-likeness (QED) is 0.471. The molecule has 1 aliphatic rings. The first-order valence-electron chi connectivity index (χ1n) is 10.2. The summed E-state index contributed by atoms with van der Waals surface area (Å²) in [5.41, 5.74) is 3.52. The standard InChI is InChI=1S/C25H22Cl2N2O3/c1-15-6-9-20(12-16(15)2)32-19-10-7-18(8-11-19)28-25(31)17-13-23(30)29(14-17)22-5-3-4-21(26)24(22)27/h3-12,17H,13-14H2,1-2H3,(H,28,31)/t17-/m0/s1. The summed E-state index contributed by atoms with van der Waals surface area (Å²) in [5.74, 6) is 0.565. The maximum atomic E-state index is 12.8. The number of halogens is 2. The van der Waals surface area contributed by atoms with Crippen LogP contribution in [0, 0.1) is 19.8 Å². The Morgan fingerprint density at radius 3 is 2.44 bits per heavy atom. The Kier molecular flexibility index (Phi) is 6.40. The molecule has 0 bridgehead atoms. The first kappa shape index (κ1) is 22.2. The molecule has 2 amide bonds. The van der Waals surface area contributed by atoms with Crippen LogP contribution >= 0.6 is 23.2 Å². The number of nitrogens with one attached hydrogen (secondary N) is 1. The van der Waals surface area contributed by atoms with Crippen LogP contribution in [0.4, 0.5) is 11.4 Å². The predicted molar refractivity (Wildman–Crippen MR) is 128 cm³/mol. The zero-order valence-corrected chi connectivity index (χ0v) is 19.2. The number of ether oxygens (including phenoxy) is 1. The largest absolute Gasteiger partial charge is 0.457 e. The van der Waals surface area contributed by atoms with Crippen LogP contribution in [0.2, 0.25) is 10.0 Å². The van der Waals surface area contributed by atoms with Crippen LogP contribution in [0.15, 0.2) is 60.7 Å². The third-order valence-electron chi connectivity index (χ3n) is 5.55. The second-order valence-corrected chi connectivity index (χ2v) is 8.63. The molecule has 1 atom stereocenters. The zero-order valence-electron chi connectivity index (χ0n) is 17.7. The number of anilines is 2. The molecule has 4 rings (SSSR count). The SMILES string of the molecule is Cc1ccc(Oc2ccc(NC(=O)[C@H]3CC(=O)N(c4cccc(Cl)c4Cl)C3)cc2)cc1C. The maximum Gasteiger partial charge on any atom is 0.229 e. The van der Waals surface area contributed by atoms with Gasteiger partial charge in [0.2, 0.25) is 11.8 Å². The van der Waals surface area contributed by atoms with E-state index in [0.29, 0.717) is 27.2 Å². The molecule has 0 aromatic heterocycles. The van der Waals surface area contributed by atoms with E-state index in [1.165, 1.54) is 10.5 Å². The lowest BCUT2D eigenvalue weighted by atomic mass is 10.1. The number of carbonyl (C=O) groups is 2. The van der Waals surface area contributed by atoms with Crippen molar-refractivity contribution < 1.29 is 14.3 Å². The second kappa shape index (κ2) is 9.23. The number of benzene rings is 3. The van der Waals surface area contributed by atoms with Gasteiger partial charge in [0.1, 0.15) is 11.5 Å². The second-order valence-electron chi connectivity index (χ2n) is 7.84. The van der Waals surface area contributed by atoms with Crippen LogP contribution in [0.5, 0.6) is 11.5 Å². The number of carbonyl (C=O) groups excluding carboxylic acids is 2. The van der Waals surface area contributed by atoms with Gasteiger partial charge in [-0.3, -0.25) is 9.59 Å². The highest BCUT2D eigenvalue weighted by molar-refractivity contribution is 6.44. The molecule has 7 heteroatoms. The average molecular weight is 469 g/mol. The Morgan fingerprint density at radius 2 is 1.72 bits per heavy atom. The van der Waals surface area contributed by atoms with Gasteiger partial charge in [0.15, 0.2) is 0 Å². The van der Waals surface area contributed by atoms with Crippen molar-refractivity contribution in [3.8, 4) is 11.5 Å². The van der Waals surface area contributed by atoms with E-state index < -0.39 is 5.92 Å². The molecule has 1 N–H and O–H groups in total. The number of aryl methyl sites for hydroxylation is 2. The van der Waals surface area contributed by atoms with Crippen LogP contribution in [-0.2, 0) is 9.59 Å². The molecule has 0 radical (unpaired) electrons. The first-order chi connectivity index (χ1) is 15.3. The van der Waals surface area contributed by atoms with Gasteiger partial charge in [0.25, 0.3) is 0 Å². The van der Waals surface area contributed by atoms with Crippen LogP contribution in [-0.4, -0.2) is 18.4 Å². The van der Waals surface area contributed by atoms with Gasteiger partial charge in [-0.2, -0.15) is 0 Å². The summed E-state index contributed by atoms with van der Waals surface area (Å²) >= 11 is 12.3. The van der Waals surface area contributed by atoms with E-state index in [4.69, 9.17) is 27.9 Å². The summed E-state index contributed by atoms with van der Waals surface area (Å²) in [5, 5.41) is 3.55. The van der Waals surface area contributed by atoms with Gasteiger partial charge in [0, 0.05) is 18.7 Å². The topological polar surface area (TPSA) is 58.6 Å². The lowest BCUT2D eigenvalue weighted by molar-refractivity contribution is -0.122. The highest BCUT2D eigenvalue weighted by atomic mass is 35.5. The molecule has 1 heterocycles. The summed E-state index contributed by atoms with van der Waals surface area (Å²) in [7, 11) is 0. The van der Waals surface area contributed by atoms with Crippen LogP contribution in [0.25, 0.3) is 0 Å². The monoisotopic (exact) mass is 468 g/mol. The Hall–Kier alpha value is -3.02. The van der Waals surface area contributed by atoms with Crippen molar-refractivity contribution in [2.24, 2.45) is 5.92 Å². The molecule has 0 spiro atoms. The number of amides is 2. The highest BCUT2D eigenvalue weighted by Gasteiger charge is 2.36. The van der Waals surface area contributed by atoms with Gasteiger partial charge in [-0.15, -0.1) is 0 Å². The third-order valence-corrected chi connectivity index (χ3v) is 6.36. The molecule has 1 aliphatic heterocycles. The summed E-state index contributed by atoms with van der Waals surface area (Å²) in [6.45, 7) is 4.34. The molecule has 1 fully saturated rings. The fourth-order valence-corrected chi connectivity index (χ4v) is 3.98. The van der Waals surface area contributed by atoms with Gasteiger partial charge in [0.05, 0.1) is 21.7 Å². The van der Waals surface area contributed by atoms with Crippen molar-refractivity contribution in [3.05, 3.63) is 81.8 Å². The summed E-state index contributed by atoms with van der Waals surface area (Å²) in [4.78, 5) is 26.8. The van der Waals surface area contributed by atoms with Gasteiger partial charge >= 0.3 is 0 Å². The average Bonchev–Trinajstić information content (AvgIpc) is 3.16. The zero-order chi connectivity index (χ0) is 22.8. The van der Waals surface area contributed by atoms with Crippen molar-refractivity contribution in [3.63, 3.8) is 0 Å². The number of nitrogens with zero attached hydrogens (tertiary/aromatic N) is 1. The van der Waals surface area contributed by atoms with Crippen molar-refractivity contribution in [1.29, 1.82) is 0 Å². The molecular weight excluding hydrogens is 447 g/mol. The molecule has 0 unspecified atom stereocenters. The van der Waals surface area contributed by atoms with Crippen LogP contribution < -0.4 is 15.0 Å². The Labute approximate surface area is 196 Å². The number of hydrogen-bond donors (Lipinski definition) is 1. The highest BCUT2D eigenvalue weighted by Crippen LogP contribution is 2.36. The minimum absolute atomic E-state index is 0.114. The molecule has 0 aliphatic carbocycles. The molecule has 1 saturated heterocycles. The van der Waals surface area contributed by atoms with E-state index >= 15 is 0 Å². The van der Waals surface area contributed by atoms with Gasteiger partial charge in [-0.1, -0.05) is 35.3 Å². The first-order valence-corrected chi connectivity index (χ1v) is 11.0. The smallest absolute Gasteiger partial charge is 0.229 e. The number of hydrogen-bond acceptors (Lipinski definition) is 3. The van der Waals surface area contributed by atoms with E-state index in [2.05, 4.69) is 12.2 Å². The third kappa shape index (κ3) is 4.74. The summed E-state index contributed by atoms with van der Waals surface area (Å²) in [6, 6.07) is 18.2. The molecule has 32 heavy (non-hydrogen) atoms. The van der Waals surface area contributed by atoms with E-state index in [1.54, 1.807) is 42.5 Å². The van der Waals surface area contributed by atoms with E-state index in [-0.39, 0.29) is 24.8 Å². The molecular formula is C25H22Cl2N2O3. The fraction of sp³-hybridized carbons (Fsp3) is 0.200. The minimum Gasteiger partial charge on any atom is -0.457 e. The predicted octanol–water partition coefficient (Wildman–Crippen LogP) is 6.39. The van der Waals surface area contributed by atoms with Crippen LogP contribution in [0.1, 0.15) is 17.5 Å². The van der Waals surface area contributed by atoms with E-state index in [1.807, 2.05) is 25.1 Å². The normalized spacial score (nSPS) is 15.7. The minimum atomic E-state index is -0.482. The lowest BCUT2D eigenvalue weighted by Crippen LogP contribution is -2.28. The van der Waals surface area contributed by atoms with Crippen molar-refractivity contribution in [2.75, 3.05) is 16.8 Å².